The highest BCUT2D eigenvalue weighted by molar-refractivity contribution is 5.97. The van der Waals surface area contributed by atoms with Crippen LogP contribution < -0.4 is 0 Å². The van der Waals surface area contributed by atoms with Crippen molar-refractivity contribution in [3.63, 3.8) is 0 Å². The van der Waals surface area contributed by atoms with Crippen LogP contribution >= 0.6 is 0 Å². The van der Waals surface area contributed by atoms with Gasteiger partial charge >= 0.3 is 11.6 Å². The number of aryl methyl sites for hydroxylation is 1. The van der Waals surface area contributed by atoms with Gasteiger partial charge < -0.3 is 9.52 Å². The SMILES string of the molecule is Cc1nn(Cc2ccc(C(=O)N3N=C(C(F)F)C[C@@]3(O)C(F)F)o2)c(C)c1[N+](=O)[O-]. The standard InChI is InChI=1S/C16H15F4N5O5/c1-7-12(25(28)29)8(2)23(21-7)6-9-3-4-11(30-9)14(26)24-16(27,15(19)20)5-10(22-24)13(17)18/h3-4,13,15,27H,5-6H2,1-2H3/t16-/m1/s1. The van der Waals surface area contributed by atoms with Crippen LogP contribution in [0.4, 0.5) is 23.2 Å². The van der Waals surface area contributed by atoms with Crippen molar-refractivity contribution < 1.29 is 36.8 Å². The second-order valence-electron chi connectivity index (χ2n) is 6.57. The number of hydrazone groups is 1. The number of rotatable bonds is 6. The molecular weight excluding hydrogens is 418 g/mol. The van der Waals surface area contributed by atoms with E-state index in [1.165, 1.54) is 24.6 Å². The molecule has 1 amide bonds. The zero-order valence-corrected chi connectivity index (χ0v) is 15.6. The molecule has 2 aromatic heterocycles. The highest BCUT2D eigenvalue weighted by atomic mass is 19.3. The number of hydrogen-bond acceptors (Lipinski definition) is 7. The predicted molar refractivity (Wildman–Crippen MR) is 91.3 cm³/mol. The monoisotopic (exact) mass is 433 g/mol. The van der Waals surface area contributed by atoms with Gasteiger partial charge in [0.05, 0.1) is 11.5 Å². The summed E-state index contributed by atoms with van der Waals surface area (Å²) in [6.07, 6.45) is -8.01. The van der Waals surface area contributed by atoms with E-state index in [-0.39, 0.29) is 34.4 Å². The lowest BCUT2D eigenvalue weighted by Crippen LogP contribution is -2.51. The van der Waals surface area contributed by atoms with E-state index >= 15 is 0 Å². The maximum atomic E-state index is 13.3. The van der Waals surface area contributed by atoms with Gasteiger partial charge in [0.2, 0.25) is 5.72 Å². The molecule has 0 aromatic carbocycles. The van der Waals surface area contributed by atoms with Crippen LogP contribution in [0.2, 0.25) is 0 Å². The summed E-state index contributed by atoms with van der Waals surface area (Å²) in [4.78, 5) is 23.0. The number of hydrogen-bond donors (Lipinski definition) is 1. The predicted octanol–water partition coefficient (Wildman–Crippen LogP) is 2.47. The van der Waals surface area contributed by atoms with Crippen LogP contribution in [0, 0.1) is 24.0 Å². The van der Waals surface area contributed by atoms with E-state index in [1.54, 1.807) is 0 Å². The van der Waals surface area contributed by atoms with Crippen LogP contribution in [0.25, 0.3) is 0 Å². The van der Waals surface area contributed by atoms with Gasteiger partial charge in [-0.2, -0.15) is 15.2 Å². The van der Waals surface area contributed by atoms with Gasteiger partial charge in [-0.05, 0) is 26.0 Å². The van der Waals surface area contributed by atoms with Crippen molar-refractivity contribution in [3.05, 3.63) is 45.2 Å². The van der Waals surface area contributed by atoms with Crippen molar-refractivity contribution in [2.75, 3.05) is 0 Å². The lowest BCUT2D eigenvalue weighted by molar-refractivity contribution is -0.386. The molecule has 14 heteroatoms. The first kappa shape index (κ1) is 21.4. The number of nitrogens with zero attached hydrogens (tertiary/aromatic N) is 5. The molecule has 0 bridgehead atoms. The molecule has 162 valence electrons. The minimum absolute atomic E-state index is 0.0803. The van der Waals surface area contributed by atoms with Crippen molar-refractivity contribution >= 4 is 17.3 Å². The Morgan fingerprint density at radius 3 is 2.57 bits per heavy atom. The number of nitro groups is 1. The van der Waals surface area contributed by atoms with Crippen molar-refractivity contribution in [3.8, 4) is 0 Å². The molecular formula is C16H15F4N5O5. The first-order valence-electron chi connectivity index (χ1n) is 8.43. The summed E-state index contributed by atoms with van der Waals surface area (Å²) in [5.41, 5.74) is -4.10. The van der Waals surface area contributed by atoms with E-state index < -0.39 is 47.3 Å². The number of amides is 1. The Morgan fingerprint density at radius 2 is 2.03 bits per heavy atom. The second kappa shape index (κ2) is 7.51. The molecule has 0 radical (unpaired) electrons. The quantitative estimate of drug-likeness (QED) is 0.424. The first-order chi connectivity index (χ1) is 14.0. The molecule has 2 aromatic rings. The third kappa shape index (κ3) is 3.53. The number of aliphatic hydroxyl groups is 1. The summed E-state index contributed by atoms with van der Waals surface area (Å²) in [5, 5.41) is 28.1. The van der Waals surface area contributed by atoms with Gasteiger partial charge in [-0.25, -0.2) is 17.6 Å². The zero-order chi connectivity index (χ0) is 22.4. The fraction of sp³-hybridized carbons (Fsp3) is 0.438. The van der Waals surface area contributed by atoms with Crippen molar-refractivity contribution in [2.45, 2.75) is 45.4 Å². The van der Waals surface area contributed by atoms with E-state index in [4.69, 9.17) is 4.42 Å². The summed E-state index contributed by atoms with van der Waals surface area (Å²) < 4.78 is 58.8. The van der Waals surface area contributed by atoms with Crippen LogP contribution in [-0.4, -0.2) is 55.0 Å². The topological polar surface area (TPSA) is 127 Å². The zero-order valence-electron chi connectivity index (χ0n) is 15.6. The maximum absolute atomic E-state index is 13.3. The molecule has 0 spiro atoms. The second-order valence-corrected chi connectivity index (χ2v) is 6.57. The summed E-state index contributed by atoms with van der Waals surface area (Å²) >= 11 is 0. The summed E-state index contributed by atoms with van der Waals surface area (Å²) in [6, 6.07) is 2.37. The number of alkyl halides is 4. The molecule has 0 fully saturated rings. The molecule has 0 unspecified atom stereocenters. The third-order valence-corrected chi connectivity index (χ3v) is 4.53. The Balaban J connectivity index is 1.86. The van der Waals surface area contributed by atoms with Crippen LogP contribution in [0.3, 0.4) is 0 Å². The van der Waals surface area contributed by atoms with Crippen LogP contribution in [0.1, 0.15) is 34.1 Å². The molecule has 30 heavy (non-hydrogen) atoms. The van der Waals surface area contributed by atoms with E-state index in [2.05, 4.69) is 10.2 Å². The average molecular weight is 433 g/mol. The molecule has 0 aliphatic carbocycles. The van der Waals surface area contributed by atoms with Gasteiger partial charge in [-0.1, -0.05) is 0 Å². The number of carbonyl (C=O) groups excluding carboxylic acids is 1. The van der Waals surface area contributed by atoms with Crippen LogP contribution in [-0.2, 0) is 6.54 Å². The normalized spacial score (nSPS) is 19.1. The fourth-order valence-electron chi connectivity index (χ4n) is 3.04. The highest BCUT2D eigenvalue weighted by Gasteiger charge is 2.54. The Bertz CT molecular complexity index is 1030. The Hall–Kier alpha value is -3.29. The van der Waals surface area contributed by atoms with E-state index in [0.717, 1.165) is 6.07 Å². The van der Waals surface area contributed by atoms with Gasteiger partial charge in [0.1, 0.15) is 22.9 Å². The maximum Gasteiger partial charge on any atom is 0.312 e. The lowest BCUT2D eigenvalue weighted by Gasteiger charge is -2.29. The Kier molecular flexibility index (Phi) is 5.36. The molecule has 1 atom stereocenters. The number of halogens is 4. The smallest absolute Gasteiger partial charge is 0.312 e. The Morgan fingerprint density at radius 1 is 1.37 bits per heavy atom. The van der Waals surface area contributed by atoms with E-state index in [1.807, 2.05) is 0 Å². The van der Waals surface area contributed by atoms with Crippen molar-refractivity contribution in [1.29, 1.82) is 0 Å². The van der Waals surface area contributed by atoms with Gasteiger partial charge in [-0.15, -0.1) is 0 Å². The molecule has 1 aliphatic rings. The molecule has 0 saturated carbocycles. The van der Waals surface area contributed by atoms with E-state index in [9.17, 15) is 37.6 Å². The average Bonchev–Trinajstić information content (AvgIpc) is 3.32. The van der Waals surface area contributed by atoms with Gasteiger partial charge in [0, 0.05) is 6.42 Å². The largest absolute Gasteiger partial charge is 0.454 e. The third-order valence-electron chi connectivity index (χ3n) is 4.53. The van der Waals surface area contributed by atoms with Gasteiger partial charge in [-0.3, -0.25) is 19.6 Å². The van der Waals surface area contributed by atoms with Crippen molar-refractivity contribution in [1.82, 2.24) is 14.8 Å². The minimum Gasteiger partial charge on any atom is -0.454 e. The molecule has 0 saturated heterocycles. The van der Waals surface area contributed by atoms with Crippen LogP contribution in [0.5, 0.6) is 0 Å². The minimum atomic E-state index is -3.56. The molecule has 3 rings (SSSR count). The molecule has 1 N–H and O–H groups in total. The van der Waals surface area contributed by atoms with E-state index in [0.29, 0.717) is 0 Å². The molecule has 1 aliphatic heterocycles. The van der Waals surface area contributed by atoms with Crippen molar-refractivity contribution in [2.24, 2.45) is 5.10 Å². The number of carbonyl (C=O) groups is 1. The summed E-state index contributed by atoms with van der Waals surface area (Å²) in [7, 11) is 0. The summed E-state index contributed by atoms with van der Waals surface area (Å²) in [5.74, 6) is -1.81. The number of aromatic nitrogens is 2. The molecule has 3 heterocycles. The van der Waals surface area contributed by atoms with Crippen LogP contribution in [0.15, 0.2) is 21.7 Å². The number of furan rings is 1. The fourth-order valence-corrected chi connectivity index (χ4v) is 3.04. The lowest BCUT2D eigenvalue weighted by atomic mass is 10.1. The highest BCUT2D eigenvalue weighted by Crippen LogP contribution is 2.34. The summed E-state index contributed by atoms with van der Waals surface area (Å²) in [6.45, 7) is 2.77. The first-order valence-corrected chi connectivity index (χ1v) is 8.43. The Labute approximate surface area is 165 Å². The van der Waals surface area contributed by atoms with Gasteiger partial charge in [0.15, 0.2) is 5.76 Å². The van der Waals surface area contributed by atoms with Gasteiger partial charge in [0.25, 0.3) is 12.9 Å². The molecule has 10 nitrogen and oxygen atoms in total.